The molecule has 0 heterocycles. The molecule has 0 aliphatic carbocycles. The van der Waals surface area contributed by atoms with Gasteiger partial charge in [0.05, 0.1) is 25.5 Å². The molecule has 0 rings (SSSR count). The lowest BCUT2D eigenvalue weighted by Crippen LogP contribution is -2.43. The maximum atomic E-state index is 11.8. The highest BCUT2D eigenvalue weighted by Crippen LogP contribution is 2.06. The largest absolute Gasteiger partial charge is 0.480 e. The highest BCUT2D eigenvalue weighted by Gasteiger charge is 2.25. The quantitative estimate of drug-likeness (QED) is 0.645. The summed E-state index contributed by atoms with van der Waals surface area (Å²) in [6.07, 6.45) is -0.174. The molecule has 0 bridgehead atoms. The van der Waals surface area contributed by atoms with Crippen LogP contribution in [0.4, 0.5) is 0 Å². The average Bonchev–Trinajstić information content (AvgIpc) is 2.36. The minimum atomic E-state index is -1.15. The number of ether oxygens (including phenoxy) is 1. The van der Waals surface area contributed by atoms with Crippen molar-refractivity contribution in [1.29, 1.82) is 5.26 Å². The fourth-order valence-electron chi connectivity index (χ4n) is 1.42. The first kappa shape index (κ1) is 16.9. The van der Waals surface area contributed by atoms with E-state index in [4.69, 9.17) is 10.4 Å². The van der Waals surface area contributed by atoms with E-state index in [0.717, 1.165) is 4.90 Å². The molecule has 1 atom stereocenters. The Kier molecular flexibility index (Phi) is 7.93. The Morgan fingerprint density at radius 2 is 2.00 bits per heavy atom. The van der Waals surface area contributed by atoms with Crippen LogP contribution < -0.4 is 0 Å². The van der Waals surface area contributed by atoms with Crippen LogP contribution in [0.25, 0.3) is 0 Å². The minimum absolute atomic E-state index is 0.0334. The van der Waals surface area contributed by atoms with Gasteiger partial charge in [0.2, 0.25) is 5.91 Å². The third kappa shape index (κ3) is 6.41. The summed E-state index contributed by atoms with van der Waals surface area (Å²) in [7, 11) is 0. The van der Waals surface area contributed by atoms with E-state index in [1.54, 1.807) is 6.92 Å². The number of rotatable bonds is 8. The Morgan fingerprint density at radius 1 is 1.37 bits per heavy atom. The van der Waals surface area contributed by atoms with Crippen LogP contribution in [0.1, 0.15) is 33.1 Å². The number of nitriles is 1. The SMILES string of the molecule is CCOC(=O)CCC(=O)N(CCC#N)C(C)C(=O)O. The summed E-state index contributed by atoms with van der Waals surface area (Å²) < 4.78 is 4.68. The molecule has 0 saturated carbocycles. The van der Waals surface area contributed by atoms with Crippen LogP contribution in [0.5, 0.6) is 0 Å². The Morgan fingerprint density at radius 3 is 2.47 bits per heavy atom. The second-order valence-corrected chi connectivity index (χ2v) is 3.81. The first-order valence-corrected chi connectivity index (χ1v) is 5.98. The second-order valence-electron chi connectivity index (χ2n) is 3.81. The fourth-order valence-corrected chi connectivity index (χ4v) is 1.42. The zero-order valence-electron chi connectivity index (χ0n) is 11.1. The van der Waals surface area contributed by atoms with Gasteiger partial charge in [-0.05, 0) is 13.8 Å². The summed E-state index contributed by atoms with van der Waals surface area (Å²) in [4.78, 5) is 34.9. The zero-order chi connectivity index (χ0) is 14.8. The van der Waals surface area contributed by atoms with Crippen molar-refractivity contribution in [3.05, 3.63) is 0 Å². The average molecular weight is 270 g/mol. The molecule has 106 valence electrons. The number of nitrogens with zero attached hydrogens (tertiary/aromatic N) is 2. The number of amides is 1. The summed E-state index contributed by atoms with van der Waals surface area (Å²) in [6.45, 7) is 3.29. The van der Waals surface area contributed by atoms with Crippen LogP contribution in [-0.4, -0.2) is 47.0 Å². The molecule has 0 fully saturated rings. The topological polar surface area (TPSA) is 108 Å². The second kappa shape index (κ2) is 8.91. The van der Waals surface area contributed by atoms with Crippen molar-refractivity contribution in [2.75, 3.05) is 13.2 Å². The van der Waals surface area contributed by atoms with Gasteiger partial charge in [-0.3, -0.25) is 9.59 Å². The maximum Gasteiger partial charge on any atom is 0.326 e. The molecule has 7 nitrogen and oxygen atoms in total. The summed E-state index contributed by atoms with van der Waals surface area (Å²) in [5, 5.41) is 17.4. The van der Waals surface area contributed by atoms with Crippen molar-refractivity contribution in [1.82, 2.24) is 4.90 Å². The smallest absolute Gasteiger partial charge is 0.326 e. The standard InChI is InChI=1S/C12H18N2O5/c1-3-19-11(16)6-5-10(15)14(8-4-7-13)9(2)12(17)18/h9H,3-6,8H2,1-2H3,(H,17,18). The predicted molar refractivity (Wildman–Crippen MR) is 64.9 cm³/mol. The fraction of sp³-hybridized carbons (Fsp3) is 0.667. The highest BCUT2D eigenvalue weighted by molar-refractivity contribution is 5.85. The molecule has 0 aliphatic rings. The van der Waals surface area contributed by atoms with Crippen LogP contribution in [0.2, 0.25) is 0 Å². The lowest BCUT2D eigenvalue weighted by Gasteiger charge is -2.25. The van der Waals surface area contributed by atoms with Crippen LogP contribution in [0.15, 0.2) is 0 Å². The zero-order valence-corrected chi connectivity index (χ0v) is 11.1. The number of carbonyl (C=O) groups excluding carboxylic acids is 2. The molecule has 1 N–H and O–H groups in total. The number of aliphatic carboxylic acids is 1. The Hall–Kier alpha value is -2.10. The van der Waals surface area contributed by atoms with E-state index in [1.165, 1.54) is 6.92 Å². The molecule has 0 saturated heterocycles. The van der Waals surface area contributed by atoms with Crippen molar-refractivity contribution in [2.45, 2.75) is 39.2 Å². The van der Waals surface area contributed by atoms with Crippen molar-refractivity contribution >= 4 is 17.8 Å². The molecule has 1 amide bonds. The molecular weight excluding hydrogens is 252 g/mol. The number of carboxylic acid groups (broad SMARTS) is 1. The predicted octanol–water partition coefficient (Wildman–Crippen LogP) is 0.545. The van der Waals surface area contributed by atoms with Crippen LogP contribution >= 0.6 is 0 Å². The monoisotopic (exact) mass is 270 g/mol. The highest BCUT2D eigenvalue weighted by atomic mass is 16.5. The first-order valence-electron chi connectivity index (χ1n) is 5.98. The van der Waals surface area contributed by atoms with Crippen molar-refractivity contribution in [2.24, 2.45) is 0 Å². The molecule has 0 spiro atoms. The van der Waals surface area contributed by atoms with Gasteiger partial charge in [-0.15, -0.1) is 0 Å². The van der Waals surface area contributed by atoms with Gasteiger partial charge < -0.3 is 14.7 Å². The molecule has 0 aromatic heterocycles. The lowest BCUT2D eigenvalue weighted by molar-refractivity contribution is -0.150. The number of esters is 1. The maximum absolute atomic E-state index is 11.8. The summed E-state index contributed by atoms with van der Waals surface area (Å²) >= 11 is 0. The Bertz CT molecular complexity index is 375. The van der Waals surface area contributed by atoms with E-state index >= 15 is 0 Å². The molecule has 7 heteroatoms. The number of hydrogen-bond donors (Lipinski definition) is 1. The Labute approximate surface area is 111 Å². The first-order chi connectivity index (χ1) is 8.93. The summed E-state index contributed by atoms with van der Waals surface area (Å²) in [5.41, 5.74) is 0. The van der Waals surface area contributed by atoms with Gasteiger partial charge in [0.1, 0.15) is 6.04 Å². The third-order valence-corrected chi connectivity index (χ3v) is 2.46. The van der Waals surface area contributed by atoms with E-state index < -0.39 is 23.9 Å². The molecule has 0 aromatic carbocycles. The van der Waals surface area contributed by atoms with Gasteiger partial charge in [0.25, 0.3) is 0 Å². The van der Waals surface area contributed by atoms with Crippen molar-refractivity contribution < 1.29 is 24.2 Å². The van der Waals surface area contributed by atoms with Crippen LogP contribution in [0.3, 0.4) is 0 Å². The van der Waals surface area contributed by atoms with Crippen LogP contribution in [0, 0.1) is 11.3 Å². The van der Waals surface area contributed by atoms with E-state index in [0.29, 0.717) is 0 Å². The van der Waals surface area contributed by atoms with E-state index in [-0.39, 0.29) is 32.4 Å². The van der Waals surface area contributed by atoms with Crippen molar-refractivity contribution in [3.8, 4) is 6.07 Å². The molecular formula is C12H18N2O5. The minimum Gasteiger partial charge on any atom is -0.480 e. The normalized spacial score (nSPS) is 11.2. The van der Waals surface area contributed by atoms with Crippen LogP contribution in [-0.2, 0) is 19.1 Å². The summed E-state index contributed by atoms with van der Waals surface area (Å²) in [5.74, 6) is -2.13. The summed E-state index contributed by atoms with van der Waals surface area (Å²) in [6, 6.07) is 0.829. The van der Waals surface area contributed by atoms with Gasteiger partial charge in [0, 0.05) is 13.0 Å². The third-order valence-electron chi connectivity index (χ3n) is 2.46. The number of carboxylic acids is 1. The molecule has 0 aliphatic heterocycles. The van der Waals surface area contributed by atoms with Gasteiger partial charge in [-0.25, -0.2) is 4.79 Å². The number of hydrogen-bond acceptors (Lipinski definition) is 5. The van der Waals surface area contributed by atoms with E-state index in [2.05, 4.69) is 4.74 Å². The Balaban J connectivity index is 4.50. The molecule has 0 radical (unpaired) electrons. The van der Waals surface area contributed by atoms with Gasteiger partial charge in [0.15, 0.2) is 0 Å². The van der Waals surface area contributed by atoms with Crippen molar-refractivity contribution in [3.63, 3.8) is 0 Å². The van der Waals surface area contributed by atoms with Gasteiger partial charge >= 0.3 is 11.9 Å². The number of carbonyl (C=O) groups is 3. The van der Waals surface area contributed by atoms with Gasteiger partial charge in [-0.2, -0.15) is 5.26 Å². The van der Waals surface area contributed by atoms with E-state index in [1.807, 2.05) is 6.07 Å². The molecule has 1 unspecified atom stereocenters. The lowest BCUT2D eigenvalue weighted by atomic mass is 10.2. The molecule has 19 heavy (non-hydrogen) atoms. The molecule has 0 aromatic rings. The van der Waals surface area contributed by atoms with Gasteiger partial charge in [-0.1, -0.05) is 0 Å². The van der Waals surface area contributed by atoms with E-state index in [9.17, 15) is 14.4 Å².